The largest absolute Gasteiger partial charge is 0.391 e. The number of carbonyl (C=O) groups is 2. The van der Waals surface area contributed by atoms with Crippen LogP contribution in [0, 0.1) is 5.92 Å². The number of nitrogens with zero attached hydrogens (tertiary/aromatic N) is 1. The second-order valence-electron chi connectivity index (χ2n) is 6.32. The van der Waals surface area contributed by atoms with Crippen LogP contribution in [0.15, 0.2) is 24.3 Å². The molecule has 2 fully saturated rings. The summed E-state index contributed by atoms with van der Waals surface area (Å²) in [5, 5.41) is 13.4. The third kappa shape index (κ3) is 3.51. The predicted molar refractivity (Wildman–Crippen MR) is 88.3 cm³/mol. The van der Waals surface area contributed by atoms with E-state index < -0.39 is 12.0 Å². The number of amides is 2. The minimum atomic E-state index is -0.482. The molecule has 1 aliphatic heterocycles. The van der Waals surface area contributed by atoms with Crippen LogP contribution in [0.4, 0.5) is 5.69 Å². The Balaban J connectivity index is 1.65. The van der Waals surface area contributed by atoms with E-state index in [2.05, 4.69) is 5.32 Å². The molecule has 1 aromatic carbocycles. The summed E-state index contributed by atoms with van der Waals surface area (Å²) < 4.78 is 0. The van der Waals surface area contributed by atoms with E-state index in [1.165, 1.54) is 0 Å². The lowest BCUT2D eigenvalue weighted by Crippen LogP contribution is -2.47. The number of nitrogens with one attached hydrogen (secondary N) is 1. The normalized spacial score (nSPS) is 28.0. The number of halogens is 1. The molecule has 0 radical (unpaired) electrons. The van der Waals surface area contributed by atoms with E-state index in [1.807, 2.05) is 6.07 Å². The number of anilines is 1. The van der Waals surface area contributed by atoms with Crippen molar-refractivity contribution in [2.24, 2.45) is 5.92 Å². The van der Waals surface area contributed by atoms with Gasteiger partial charge in [-0.25, -0.2) is 0 Å². The molecule has 1 aliphatic carbocycles. The van der Waals surface area contributed by atoms with Crippen molar-refractivity contribution in [3.63, 3.8) is 0 Å². The van der Waals surface area contributed by atoms with Gasteiger partial charge in [0.1, 0.15) is 0 Å². The molecule has 1 aromatic rings. The Labute approximate surface area is 140 Å². The van der Waals surface area contributed by atoms with Crippen LogP contribution in [0.2, 0.25) is 5.02 Å². The SMILES string of the molecule is O=C(NC1CCCCC1O)C1CC(=O)N(c2ccccc2Cl)C1. The van der Waals surface area contributed by atoms with Crippen LogP contribution in [-0.2, 0) is 9.59 Å². The first-order valence-electron chi connectivity index (χ1n) is 8.09. The van der Waals surface area contributed by atoms with Crippen molar-refractivity contribution in [2.45, 2.75) is 44.2 Å². The van der Waals surface area contributed by atoms with Gasteiger partial charge in [-0.05, 0) is 25.0 Å². The minimum Gasteiger partial charge on any atom is -0.391 e. The molecule has 0 bridgehead atoms. The van der Waals surface area contributed by atoms with Gasteiger partial charge in [-0.1, -0.05) is 36.6 Å². The number of hydrogen-bond donors (Lipinski definition) is 2. The summed E-state index contributed by atoms with van der Waals surface area (Å²) >= 11 is 6.14. The fourth-order valence-corrected chi connectivity index (χ4v) is 3.60. The summed E-state index contributed by atoms with van der Waals surface area (Å²) in [6.45, 7) is 0.331. The zero-order chi connectivity index (χ0) is 16.4. The van der Waals surface area contributed by atoms with Crippen LogP contribution in [0.5, 0.6) is 0 Å². The van der Waals surface area contributed by atoms with Gasteiger partial charge in [-0.3, -0.25) is 9.59 Å². The van der Waals surface area contributed by atoms with Crippen LogP contribution in [0.1, 0.15) is 32.1 Å². The fraction of sp³-hybridized carbons (Fsp3) is 0.529. The van der Waals surface area contributed by atoms with Crippen molar-refractivity contribution < 1.29 is 14.7 Å². The summed E-state index contributed by atoms with van der Waals surface area (Å²) in [6.07, 6.45) is 3.22. The first-order valence-corrected chi connectivity index (χ1v) is 8.47. The molecule has 3 atom stereocenters. The third-order valence-corrected chi connectivity index (χ3v) is 5.02. The lowest BCUT2D eigenvalue weighted by Gasteiger charge is -2.29. The van der Waals surface area contributed by atoms with E-state index in [-0.39, 0.29) is 24.3 Å². The predicted octanol–water partition coefficient (Wildman–Crippen LogP) is 2.11. The van der Waals surface area contributed by atoms with Crippen LogP contribution in [0.3, 0.4) is 0 Å². The number of carbonyl (C=O) groups excluding carboxylic acids is 2. The molecule has 23 heavy (non-hydrogen) atoms. The van der Waals surface area contributed by atoms with E-state index in [1.54, 1.807) is 23.1 Å². The highest BCUT2D eigenvalue weighted by Gasteiger charge is 2.37. The van der Waals surface area contributed by atoms with E-state index in [0.717, 1.165) is 25.7 Å². The Morgan fingerprint density at radius 1 is 1.26 bits per heavy atom. The van der Waals surface area contributed by atoms with Crippen molar-refractivity contribution in [3.8, 4) is 0 Å². The maximum atomic E-state index is 12.4. The standard InChI is InChI=1S/C17H21ClN2O3/c18-12-5-1-3-7-14(12)20-10-11(9-16(20)22)17(23)19-13-6-2-4-8-15(13)21/h1,3,5,7,11,13,15,21H,2,4,6,8-10H2,(H,19,23). The molecule has 5 nitrogen and oxygen atoms in total. The molecule has 2 amide bonds. The average molecular weight is 337 g/mol. The highest BCUT2D eigenvalue weighted by molar-refractivity contribution is 6.33. The molecule has 124 valence electrons. The quantitative estimate of drug-likeness (QED) is 0.888. The maximum absolute atomic E-state index is 12.4. The number of para-hydroxylation sites is 1. The summed E-state index contributed by atoms with van der Waals surface area (Å²) in [5.74, 6) is -0.644. The first-order chi connectivity index (χ1) is 11.1. The number of benzene rings is 1. The van der Waals surface area contributed by atoms with Gasteiger partial charge in [-0.15, -0.1) is 0 Å². The molecule has 3 rings (SSSR count). The minimum absolute atomic E-state index is 0.0950. The zero-order valence-electron chi connectivity index (χ0n) is 12.9. The molecule has 0 spiro atoms. The second kappa shape index (κ2) is 6.89. The molecule has 6 heteroatoms. The van der Waals surface area contributed by atoms with Crippen molar-refractivity contribution in [1.29, 1.82) is 0 Å². The van der Waals surface area contributed by atoms with E-state index in [9.17, 15) is 14.7 Å². The third-order valence-electron chi connectivity index (χ3n) is 4.70. The molecule has 0 aromatic heterocycles. The van der Waals surface area contributed by atoms with E-state index >= 15 is 0 Å². The van der Waals surface area contributed by atoms with Gasteiger partial charge >= 0.3 is 0 Å². The molecule has 1 saturated heterocycles. The van der Waals surface area contributed by atoms with Crippen LogP contribution in [0.25, 0.3) is 0 Å². The van der Waals surface area contributed by atoms with Crippen LogP contribution in [-0.4, -0.2) is 35.6 Å². The number of aliphatic hydroxyl groups is 1. The van der Waals surface area contributed by atoms with Crippen molar-refractivity contribution in [2.75, 3.05) is 11.4 Å². The number of hydrogen-bond acceptors (Lipinski definition) is 3. The van der Waals surface area contributed by atoms with Gasteiger partial charge < -0.3 is 15.3 Å². The Bertz CT molecular complexity index is 607. The van der Waals surface area contributed by atoms with E-state index in [4.69, 9.17) is 11.6 Å². The van der Waals surface area contributed by atoms with Gasteiger partial charge in [0.25, 0.3) is 0 Å². The van der Waals surface area contributed by atoms with Crippen molar-refractivity contribution in [3.05, 3.63) is 29.3 Å². The molecule has 3 unspecified atom stereocenters. The maximum Gasteiger partial charge on any atom is 0.227 e. The van der Waals surface area contributed by atoms with Gasteiger partial charge in [0.15, 0.2) is 0 Å². The highest BCUT2D eigenvalue weighted by Crippen LogP contribution is 2.31. The van der Waals surface area contributed by atoms with Crippen LogP contribution < -0.4 is 10.2 Å². The van der Waals surface area contributed by atoms with Gasteiger partial charge in [0, 0.05) is 13.0 Å². The van der Waals surface area contributed by atoms with E-state index in [0.29, 0.717) is 17.3 Å². The summed E-state index contributed by atoms with van der Waals surface area (Å²) in [5.41, 5.74) is 0.646. The number of aliphatic hydroxyl groups excluding tert-OH is 1. The van der Waals surface area contributed by atoms with Gasteiger partial charge in [0.2, 0.25) is 11.8 Å². The summed E-state index contributed by atoms with van der Waals surface area (Å²) in [4.78, 5) is 26.2. The molecule has 2 aliphatic rings. The van der Waals surface area contributed by atoms with Crippen molar-refractivity contribution in [1.82, 2.24) is 5.32 Å². The summed E-state index contributed by atoms with van der Waals surface area (Å²) in [7, 11) is 0. The summed E-state index contributed by atoms with van der Waals surface area (Å²) in [6, 6.07) is 6.95. The Hall–Kier alpha value is -1.59. The lowest BCUT2D eigenvalue weighted by molar-refractivity contribution is -0.128. The fourth-order valence-electron chi connectivity index (χ4n) is 3.37. The Morgan fingerprint density at radius 2 is 2.00 bits per heavy atom. The topological polar surface area (TPSA) is 69.6 Å². The monoisotopic (exact) mass is 336 g/mol. The molecule has 2 N–H and O–H groups in total. The smallest absolute Gasteiger partial charge is 0.227 e. The van der Waals surface area contributed by atoms with Crippen molar-refractivity contribution >= 4 is 29.1 Å². The van der Waals surface area contributed by atoms with Gasteiger partial charge in [-0.2, -0.15) is 0 Å². The van der Waals surface area contributed by atoms with Gasteiger partial charge in [0.05, 0.1) is 28.8 Å². The van der Waals surface area contributed by atoms with Crippen LogP contribution >= 0.6 is 11.6 Å². The molecular weight excluding hydrogens is 316 g/mol. The highest BCUT2D eigenvalue weighted by atomic mass is 35.5. The second-order valence-corrected chi connectivity index (χ2v) is 6.73. The average Bonchev–Trinajstić information content (AvgIpc) is 2.92. The molecular formula is C17H21ClN2O3. The Kier molecular flexibility index (Phi) is 4.87. The molecule has 1 saturated carbocycles. The number of rotatable bonds is 3. The lowest BCUT2D eigenvalue weighted by atomic mass is 9.92. The first kappa shape index (κ1) is 16.3. The molecule has 1 heterocycles. The Morgan fingerprint density at radius 3 is 2.74 bits per heavy atom. The zero-order valence-corrected chi connectivity index (χ0v) is 13.6.